The minimum Gasteiger partial charge on any atom is -0.771 e. The van der Waals surface area contributed by atoms with E-state index in [0.717, 1.165) is 22.3 Å². The van der Waals surface area contributed by atoms with E-state index in [4.69, 9.17) is 0 Å². The molecule has 0 aliphatic rings. The van der Waals surface area contributed by atoms with Gasteiger partial charge in [-0.25, -0.2) is 4.79 Å². The Labute approximate surface area is 152 Å². The molecule has 0 radical (unpaired) electrons. The molecule has 1 unspecified atom stereocenters. The predicted octanol–water partition coefficient (Wildman–Crippen LogP) is 0.190. The van der Waals surface area contributed by atoms with Crippen LogP contribution in [0.2, 0.25) is 0 Å². The zero-order valence-electron chi connectivity index (χ0n) is 13.1. The Morgan fingerprint density at radius 1 is 1.09 bits per heavy atom. The van der Waals surface area contributed by atoms with Crippen molar-refractivity contribution in [2.24, 2.45) is 0 Å². The maximum atomic E-state index is 12.0. The summed E-state index contributed by atoms with van der Waals surface area (Å²) < 4.78 is 15.0. The monoisotopic (exact) mass is 326 g/mol. The molecule has 0 amide bonds. The van der Waals surface area contributed by atoms with E-state index < -0.39 is 14.2 Å². The van der Waals surface area contributed by atoms with Crippen molar-refractivity contribution in [3.05, 3.63) is 58.7 Å². The normalized spacial score (nSPS) is 11.5. The Morgan fingerprint density at radius 2 is 1.68 bits per heavy atom. The van der Waals surface area contributed by atoms with Gasteiger partial charge in [0.15, 0.2) is 8.25 Å². The van der Waals surface area contributed by atoms with Crippen LogP contribution >= 0.6 is 8.25 Å². The number of benzene rings is 2. The zero-order valence-corrected chi connectivity index (χ0v) is 16.1. The van der Waals surface area contributed by atoms with E-state index in [0.29, 0.717) is 11.1 Å². The smallest absolute Gasteiger partial charge is 0.771 e. The van der Waals surface area contributed by atoms with Gasteiger partial charge in [-0.2, -0.15) is 0 Å². The van der Waals surface area contributed by atoms with Gasteiger partial charge in [-0.1, -0.05) is 36.4 Å². The van der Waals surface area contributed by atoms with Crippen LogP contribution in [0.3, 0.4) is 0 Å². The van der Waals surface area contributed by atoms with Gasteiger partial charge in [0.25, 0.3) is 0 Å². The summed E-state index contributed by atoms with van der Waals surface area (Å²) in [6.45, 7) is 5.54. The standard InChI is InChI=1S/C16H17O4P.Na/c1-10-9-11(2)15(16(17)20-21(18)19)12(3)14(10)13-7-5-4-6-8-13;/h4-9,21H,1-3H3,(H,18,19);/q;+1/p-1. The van der Waals surface area contributed by atoms with E-state index in [1.807, 2.05) is 43.3 Å². The number of carbonyl (C=O) groups is 1. The summed E-state index contributed by atoms with van der Waals surface area (Å²) in [5.41, 5.74) is 4.69. The first-order chi connectivity index (χ1) is 9.91. The predicted molar refractivity (Wildman–Crippen MR) is 80.5 cm³/mol. The van der Waals surface area contributed by atoms with Gasteiger partial charge < -0.3 is 9.42 Å². The van der Waals surface area contributed by atoms with Gasteiger partial charge >= 0.3 is 35.5 Å². The van der Waals surface area contributed by atoms with Crippen molar-refractivity contribution in [3.8, 4) is 11.1 Å². The SMILES string of the molecule is Cc1cc(C)c(-c2ccccc2)c(C)c1C(=O)O[PH](=O)[O-].[Na+]. The average molecular weight is 326 g/mol. The number of aryl methyl sites for hydroxylation is 2. The van der Waals surface area contributed by atoms with E-state index in [-0.39, 0.29) is 29.6 Å². The molecule has 0 fully saturated rings. The molecule has 4 nitrogen and oxygen atoms in total. The molecule has 0 heterocycles. The first-order valence-electron chi connectivity index (χ1n) is 6.51. The van der Waals surface area contributed by atoms with Crippen molar-refractivity contribution < 1.29 is 48.3 Å². The average Bonchev–Trinajstić information content (AvgIpc) is 2.38. The Balaban J connectivity index is 0.00000242. The Bertz CT molecular complexity index is 714. The summed E-state index contributed by atoms with van der Waals surface area (Å²) in [7, 11) is -3.55. The van der Waals surface area contributed by atoms with Gasteiger partial charge in [0.2, 0.25) is 0 Å². The van der Waals surface area contributed by atoms with Crippen LogP contribution in [0.5, 0.6) is 0 Å². The fraction of sp³-hybridized carbons (Fsp3) is 0.188. The summed E-state index contributed by atoms with van der Waals surface area (Å²) in [5, 5.41) is 0. The molecular weight excluding hydrogens is 310 g/mol. The maximum absolute atomic E-state index is 12.0. The van der Waals surface area contributed by atoms with Crippen LogP contribution in [0.1, 0.15) is 27.0 Å². The van der Waals surface area contributed by atoms with Crippen LogP contribution < -0.4 is 34.5 Å². The molecule has 0 aromatic heterocycles. The van der Waals surface area contributed by atoms with Crippen molar-refractivity contribution in [2.45, 2.75) is 20.8 Å². The molecule has 2 aromatic rings. The molecule has 0 saturated heterocycles. The van der Waals surface area contributed by atoms with Crippen molar-refractivity contribution in [2.75, 3.05) is 0 Å². The molecule has 0 N–H and O–H groups in total. The first kappa shape index (κ1) is 19.1. The minimum atomic E-state index is -3.55. The Morgan fingerprint density at radius 3 is 2.23 bits per heavy atom. The topological polar surface area (TPSA) is 66.4 Å². The molecule has 0 bridgehead atoms. The Kier molecular flexibility index (Phi) is 7.04. The van der Waals surface area contributed by atoms with Crippen LogP contribution in [0.25, 0.3) is 11.1 Å². The molecule has 22 heavy (non-hydrogen) atoms. The summed E-state index contributed by atoms with van der Waals surface area (Å²) >= 11 is 0. The number of hydrogen-bond acceptors (Lipinski definition) is 4. The van der Waals surface area contributed by atoms with Crippen molar-refractivity contribution in [3.63, 3.8) is 0 Å². The van der Waals surface area contributed by atoms with E-state index in [1.165, 1.54) is 0 Å². The third-order valence-electron chi connectivity index (χ3n) is 3.41. The third-order valence-corrected chi connectivity index (χ3v) is 3.77. The van der Waals surface area contributed by atoms with E-state index in [2.05, 4.69) is 4.52 Å². The van der Waals surface area contributed by atoms with Crippen LogP contribution in [0, 0.1) is 20.8 Å². The summed E-state index contributed by atoms with van der Waals surface area (Å²) in [4.78, 5) is 22.7. The molecule has 6 heteroatoms. The molecule has 2 rings (SSSR count). The third kappa shape index (κ3) is 4.09. The second-order valence-electron chi connectivity index (χ2n) is 4.89. The zero-order chi connectivity index (χ0) is 15.6. The van der Waals surface area contributed by atoms with Crippen LogP contribution in [0.15, 0.2) is 36.4 Å². The second-order valence-corrected chi connectivity index (χ2v) is 5.60. The van der Waals surface area contributed by atoms with E-state index in [9.17, 15) is 14.3 Å². The van der Waals surface area contributed by atoms with Crippen LogP contribution in [0.4, 0.5) is 0 Å². The maximum Gasteiger partial charge on any atom is 1.00 e. The fourth-order valence-electron chi connectivity index (χ4n) is 2.68. The van der Waals surface area contributed by atoms with E-state index >= 15 is 0 Å². The second kappa shape index (κ2) is 8.09. The van der Waals surface area contributed by atoms with E-state index in [1.54, 1.807) is 13.8 Å². The molecule has 2 aromatic carbocycles. The van der Waals surface area contributed by atoms with Crippen molar-refractivity contribution in [1.82, 2.24) is 0 Å². The van der Waals surface area contributed by atoms with Gasteiger partial charge in [-0.05, 0) is 48.6 Å². The Hall–Kier alpha value is -0.900. The number of carbonyl (C=O) groups excluding carboxylic acids is 1. The number of hydrogen-bond donors (Lipinski definition) is 0. The quantitative estimate of drug-likeness (QED) is 0.597. The minimum absolute atomic E-state index is 0. The van der Waals surface area contributed by atoms with Gasteiger partial charge in [0, 0.05) is 0 Å². The van der Waals surface area contributed by atoms with Crippen molar-refractivity contribution >= 4 is 14.2 Å². The summed E-state index contributed by atoms with van der Waals surface area (Å²) in [6.07, 6.45) is 0. The van der Waals surface area contributed by atoms with Crippen LogP contribution in [-0.2, 0) is 9.09 Å². The summed E-state index contributed by atoms with van der Waals surface area (Å²) in [5.74, 6) is -0.818. The van der Waals surface area contributed by atoms with Gasteiger partial charge in [0.1, 0.15) is 0 Å². The molecule has 0 aliphatic heterocycles. The molecule has 1 atom stereocenters. The molecule has 0 saturated carbocycles. The molecule has 0 aliphatic carbocycles. The van der Waals surface area contributed by atoms with Gasteiger partial charge in [-0.3, -0.25) is 4.57 Å². The molecule has 110 valence electrons. The first-order valence-corrected chi connectivity index (χ1v) is 7.73. The van der Waals surface area contributed by atoms with Gasteiger partial charge in [0.05, 0.1) is 5.56 Å². The summed E-state index contributed by atoms with van der Waals surface area (Å²) in [6, 6.07) is 11.5. The largest absolute Gasteiger partial charge is 1.00 e. The molecule has 0 spiro atoms. The number of rotatable bonds is 3. The van der Waals surface area contributed by atoms with Crippen molar-refractivity contribution in [1.29, 1.82) is 0 Å². The fourth-order valence-corrected chi connectivity index (χ4v) is 2.93. The van der Waals surface area contributed by atoms with Crippen LogP contribution in [-0.4, -0.2) is 5.97 Å². The van der Waals surface area contributed by atoms with Gasteiger partial charge in [-0.15, -0.1) is 0 Å². The molecular formula is C16H16NaO4P.